The zero-order valence-corrected chi connectivity index (χ0v) is 14.5. The molecule has 0 aromatic heterocycles. The Labute approximate surface area is 144 Å². The first-order valence-corrected chi connectivity index (χ1v) is 7.23. The van der Waals surface area contributed by atoms with Crippen LogP contribution in [0.3, 0.4) is 0 Å². The molecule has 2 aliphatic heterocycles. The Morgan fingerprint density at radius 3 is 2.68 bits per heavy atom. The monoisotopic (exact) mass is 346 g/mol. The predicted molar refractivity (Wildman–Crippen MR) is 93.7 cm³/mol. The summed E-state index contributed by atoms with van der Waals surface area (Å²) in [5.74, 6) is 1.78. The van der Waals surface area contributed by atoms with E-state index in [1.165, 1.54) is 11.1 Å². The van der Waals surface area contributed by atoms with E-state index in [0.717, 1.165) is 44.1 Å². The quantitative estimate of drug-likeness (QED) is 0.849. The van der Waals surface area contributed by atoms with Crippen molar-refractivity contribution < 1.29 is 9.47 Å². The van der Waals surface area contributed by atoms with Crippen LogP contribution >= 0.6 is 24.8 Å². The third kappa shape index (κ3) is 4.07. The molecule has 4 nitrogen and oxygen atoms in total. The summed E-state index contributed by atoms with van der Waals surface area (Å²) in [5.41, 5.74) is 2.43. The van der Waals surface area contributed by atoms with Gasteiger partial charge in [-0.1, -0.05) is 17.7 Å². The summed E-state index contributed by atoms with van der Waals surface area (Å²) in [4.78, 5) is 2.52. The van der Waals surface area contributed by atoms with E-state index in [0.29, 0.717) is 12.8 Å². The van der Waals surface area contributed by atoms with Gasteiger partial charge in [-0.05, 0) is 19.4 Å². The molecule has 1 fully saturated rings. The average molecular weight is 347 g/mol. The van der Waals surface area contributed by atoms with Crippen molar-refractivity contribution in [3.05, 3.63) is 35.9 Å². The Bertz CT molecular complexity index is 505. The number of piperazine rings is 1. The number of fused-ring (bicyclic) bond motifs is 1. The van der Waals surface area contributed by atoms with Crippen molar-refractivity contribution in [2.24, 2.45) is 0 Å². The molecule has 0 saturated carbocycles. The van der Waals surface area contributed by atoms with Crippen LogP contribution in [0.2, 0.25) is 0 Å². The maximum atomic E-state index is 5.69. The zero-order valence-electron chi connectivity index (χ0n) is 12.8. The van der Waals surface area contributed by atoms with Crippen molar-refractivity contribution in [1.82, 2.24) is 10.2 Å². The molecule has 124 valence electrons. The topological polar surface area (TPSA) is 33.7 Å². The van der Waals surface area contributed by atoms with Gasteiger partial charge in [-0.25, -0.2) is 0 Å². The van der Waals surface area contributed by atoms with Crippen molar-refractivity contribution in [1.29, 1.82) is 0 Å². The molecule has 0 spiro atoms. The fraction of sp³-hybridized carbons (Fsp3) is 0.500. The van der Waals surface area contributed by atoms with Gasteiger partial charge in [-0.3, -0.25) is 4.90 Å². The van der Waals surface area contributed by atoms with Crippen LogP contribution in [0.25, 0.3) is 0 Å². The second-order valence-electron chi connectivity index (χ2n) is 5.54. The number of ether oxygens (including phenoxy) is 2. The lowest BCUT2D eigenvalue weighted by atomic mass is 9.97. The molecular weight excluding hydrogens is 323 g/mol. The number of hydrogen-bond acceptors (Lipinski definition) is 4. The molecule has 1 saturated heterocycles. The summed E-state index contributed by atoms with van der Waals surface area (Å²) in [6.45, 7) is 10.7. The first-order valence-electron chi connectivity index (χ1n) is 7.23. The predicted octanol–water partition coefficient (Wildman–Crippen LogP) is 3.17. The fourth-order valence-electron chi connectivity index (χ4n) is 2.97. The van der Waals surface area contributed by atoms with Gasteiger partial charge in [0.2, 0.25) is 6.79 Å². The van der Waals surface area contributed by atoms with E-state index in [4.69, 9.17) is 9.47 Å². The summed E-state index contributed by atoms with van der Waals surface area (Å²) < 4.78 is 11.2. The normalized spacial score (nSPS) is 18.0. The van der Waals surface area contributed by atoms with Crippen molar-refractivity contribution in [3.8, 4) is 11.5 Å². The average Bonchev–Trinajstić information content (AvgIpc) is 2.94. The molecule has 3 rings (SSSR count). The molecule has 1 N–H and O–H groups in total. The first-order chi connectivity index (χ1) is 9.75. The molecule has 1 aromatic rings. The van der Waals surface area contributed by atoms with Crippen LogP contribution in [0, 0.1) is 0 Å². The number of nitrogens with one attached hydrogen (secondary N) is 1. The second kappa shape index (κ2) is 8.63. The van der Waals surface area contributed by atoms with Crippen molar-refractivity contribution in [3.63, 3.8) is 0 Å². The number of hydrogen-bond donors (Lipinski definition) is 1. The number of para-hydroxylation sites is 1. The highest BCUT2D eigenvalue weighted by molar-refractivity contribution is 5.85. The minimum absolute atomic E-state index is 0. The molecule has 0 unspecified atom stereocenters. The first kappa shape index (κ1) is 19.1. The Morgan fingerprint density at radius 2 is 2.00 bits per heavy atom. The molecule has 0 bridgehead atoms. The molecule has 0 aliphatic carbocycles. The number of rotatable bonds is 4. The minimum Gasteiger partial charge on any atom is -0.454 e. The van der Waals surface area contributed by atoms with E-state index < -0.39 is 0 Å². The molecule has 0 radical (unpaired) electrons. The number of halogens is 2. The van der Waals surface area contributed by atoms with Gasteiger partial charge in [-0.2, -0.15) is 0 Å². The van der Waals surface area contributed by atoms with E-state index in [-0.39, 0.29) is 24.8 Å². The Hall–Kier alpha value is -0.940. The van der Waals surface area contributed by atoms with Gasteiger partial charge in [-0.15, -0.1) is 31.4 Å². The van der Waals surface area contributed by atoms with Gasteiger partial charge in [0.25, 0.3) is 0 Å². The molecule has 0 amide bonds. The van der Waals surface area contributed by atoms with E-state index in [9.17, 15) is 0 Å². The van der Waals surface area contributed by atoms with Crippen LogP contribution in [-0.2, 0) is 0 Å². The van der Waals surface area contributed by atoms with Crippen molar-refractivity contribution >= 4 is 24.8 Å². The summed E-state index contributed by atoms with van der Waals surface area (Å²) in [6.07, 6.45) is 0.958. The number of benzene rings is 1. The van der Waals surface area contributed by atoms with Gasteiger partial charge in [0.1, 0.15) is 0 Å². The van der Waals surface area contributed by atoms with Crippen LogP contribution in [0.15, 0.2) is 30.4 Å². The summed E-state index contributed by atoms with van der Waals surface area (Å²) in [6, 6.07) is 6.51. The maximum absolute atomic E-state index is 5.69. The van der Waals surface area contributed by atoms with E-state index >= 15 is 0 Å². The highest BCUT2D eigenvalue weighted by atomic mass is 35.5. The third-order valence-corrected chi connectivity index (χ3v) is 3.92. The lowest BCUT2D eigenvalue weighted by Gasteiger charge is -2.35. The standard InChI is InChI=1S/C16H22N2O2.2ClH/c1-12(2)10-14(18-8-6-17-7-9-18)13-4-3-5-15-16(13)20-11-19-15;;/h3-5,14,17H,1,6-11H2,2H3;2*1H/t14-;;/m0../s1. The third-order valence-electron chi connectivity index (χ3n) is 3.92. The largest absolute Gasteiger partial charge is 0.454 e. The zero-order chi connectivity index (χ0) is 13.9. The lowest BCUT2D eigenvalue weighted by molar-refractivity contribution is 0.158. The summed E-state index contributed by atoms with van der Waals surface area (Å²) in [5, 5.41) is 3.41. The van der Waals surface area contributed by atoms with Gasteiger partial charge in [0.05, 0.1) is 0 Å². The van der Waals surface area contributed by atoms with Crippen LogP contribution in [0.5, 0.6) is 11.5 Å². The van der Waals surface area contributed by atoms with Gasteiger partial charge < -0.3 is 14.8 Å². The Kier molecular flexibility index (Phi) is 7.49. The SMILES string of the molecule is C=C(C)C[C@@H](c1cccc2c1OCO2)N1CCNCC1.Cl.Cl. The molecule has 2 aliphatic rings. The molecule has 2 heterocycles. The van der Waals surface area contributed by atoms with Crippen LogP contribution in [0.1, 0.15) is 24.9 Å². The van der Waals surface area contributed by atoms with E-state index in [1.54, 1.807) is 0 Å². The molecule has 1 aromatic carbocycles. The Morgan fingerprint density at radius 1 is 1.27 bits per heavy atom. The Balaban J connectivity index is 0.00000121. The summed E-state index contributed by atoms with van der Waals surface area (Å²) in [7, 11) is 0. The minimum atomic E-state index is 0. The van der Waals surface area contributed by atoms with Gasteiger partial charge >= 0.3 is 0 Å². The van der Waals surface area contributed by atoms with Crippen molar-refractivity contribution in [2.45, 2.75) is 19.4 Å². The lowest BCUT2D eigenvalue weighted by Crippen LogP contribution is -2.45. The molecule has 6 heteroatoms. The smallest absolute Gasteiger partial charge is 0.231 e. The maximum Gasteiger partial charge on any atom is 0.231 e. The van der Waals surface area contributed by atoms with Gasteiger partial charge in [0, 0.05) is 37.8 Å². The highest BCUT2D eigenvalue weighted by Crippen LogP contribution is 2.42. The highest BCUT2D eigenvalue weighted by Gasteiger charge is 2.28. The molecule has 22 heavy (non-hydrogen) atoms. The second-order valence-corrected chi connectivity index (χ2v) is 5.54. The molecule has 1 atom stereocenters. The van der Waals surface area contributed by atoms with Crippen LogP contribution in [0.4, 0.5) is 0 Å². The summed E-state index contributed by atoms with van der Waals surface area (Å²) >= 11 is 0. The molecular formula is C16H24Cl2N2O2. The fourth-order valence-corrected chi connectivity index (χ4v) is 2.97. The van der Waals surface area contributed by atoms with Crippen molar-refractivity contribution in [2.75, 3.05) is 33.0 Å². The number of nitrogens with zero attached hydrogens (tertiary/aromatic N) is 1. The van der Waals surface area contributed by atoms with Crippen LogP contribution in [-0.4, -0.2) is 37.9 Å². The van der Waals surface area contributed by atoms with Crippen LogP contribution < -0.4 is 14.8 Å². The van der Waals surface area contributed by atoms with E-state index in [1.807, 2.05) is 6.07 Å². The van der Waals surface area contributed by atoms with E-state index in [2.05, 4.69) is 35.9 Å². The van der Waals surface area contributed by atoms with Gasteiger partial charge in [0.15, 0.2) is 11.5 Å².